The minimum Gasteiger partial charge on any atom is -0.496 e. The van der Waals surface area contributed by atoms with Crippen LogP contribution < -0.4 is 16.2 Å². The van der Waals surface area contributed by atoms with E-state index in [-0.39, 0.29) is 0 Å². The summed E-state index contributed by atoms with van der Waals surface area (Å²) in [6.07, 6.45) is 3.85. The topological polar surface area (TPSA) is 105 Å². The molecule has 0 saturated carbocycles. The maximum atomic E-state index is 12.1. The zero-order valence-electron chi connectivity index (χ0n) is 18.8. The highest BCUT2D eigenvalue weighted by Crippen LogP contribution is 2.33. The van der Waals surface area contributed by atoms with Crippen molar-refractivity contribution in [2.24, 2.45) is 17.4 Å². The first kappa shape index (κ1) is 24.2. The van der Waals surface area contributed by atoms with Crippen molar-refractivity contribution in [1.29, 1.82) is 5.41 Å². The van der Waals surface area contributed by atoms with Gasteiger partial charge in [-0.3, -0.25) is 10.2 Å². The molecule has 1 aliphatic heterocycles. The molecule has 2 aromatic carbocycles. The van der Waals surface area contributed by atoms with Gasteiger partial charge in [0.05, 0.1) is 7.11 Å². The number of hydrogen-bond acceptors (Lipinski definition) is 4. The second-order valence-electron chi connectivity index (χ2n) is 7.71. The molecule has 0 aliphatic carbocycles. The van der Waals surface area contributed by atoms with E-state index in [1.165, 1.54) is 0 Å². The smallest absolute Gasteiger partial charge is 0.249 e. The number of nitrogens with one attached hydrogen (secondary N) is 1. The molecule has 0 radical (unpaired) electrons. The molecule has 1 aliphatic rings. The summed E-state index contributed by atoms with van der Waals surface area (Å²) in [4.78, 5) is 14.2. The van der Waals surface area contributed by atoms with Crippen LogP contribution in [0.1, 0.15) is 41.3 Å². The number of para-hydroxylation sites is 1. The molecule has 2 aromatic rings. The van der Waals surface area contributed by atoms with Gasteiger partial charge in [0.1, 0.15) is 11.6 Å². The number of nitrogens with zero attached hydrogens (tertiary/aromatic N) is 1. The highest BCUT2D eigenvalue weighted by Gasteiger charge is 2.24. The molecule has 1 amide bonds. The van der Waals surface area contributed by atoms with Crippen molar-refractivity contribution >= 4 is 11.7 Å². The van der Waals surface area contributed by atoms with Crippen LogP contribution in [0, 0.1) is 18.3 Å². The molecule has 0 spiro atoms. The number of carbonyl (C=O) groups excluding carboxylic acids is 1. The quantitative estimate of drug-likeness (QED) is 0.385. The van der Waals surface area contributed by atoms with Crippen molar-refractivity contribution in [1.82, 2.24) is 4.90 Å². The Bertz CT molecular complexity index is 939. The molecule has 1 heterocycles. The number of benzene rings is 2. The molecule has 1 saturated heterocycles. The number of ether oxygens (including phenoxy) is 1. The molecule has 166 valence electrons. The summed E-state index contributed by atoms with van der Waals surface area (Å²) in [7, 11) is 1.62. The summed E-state index contributed by atoms with van der Waals surface area (Å²) < 4.78 is 5.48. The number of piperidine rings is 1. The van der Waals surface area contributed by atoms with Crippen LogP contribution in [0.5, 0.6) is 5.75 Å². The molecular weight excluding hydrogens is 388 g/mol. The van der Waals surface area contributed by atoms with Crippen LogP contribution in [-0.4, -0.2) is 43.4 Å². The Morgan fingerprint density at radius 1 is 1.32 bits per heavy atom. The fraction of sp³-hybridized carbons (Fsp3) is 0.360. The summed E-state index contributed by atoms with van der Waals surface area (Å²) in [5.41, 5.74) is 15.1. The van der Waals surface area contributed by atoms with Crippen molar-refractivity contribution in [3.8, 4) is 16.9 Å². The van der Waals surface area contributed by atoms with E-state index >= 15 is 0 Å². The van der Waals surface area contributed by atoms with Crippen molar-refractivity contribution < 1.29 is 9.53 Å². The number of allylic oxidation sites excluding steroid dienone is 1. The van der Waals surface area contributed by atoms with Gasteiger partial charge >= 0.3 is 0 Å². The predicted octanol–water partition coefficient (Wildman–Crippen LogP) is 3.96. The van der Waals surface area contributed by atoms with E-state index in [2.05, 4.69) is 11.5 Å². The minimum absolute atomic E-state index is 0.391. The maximum absolute atomic E-state index is 12.1. The highest BCUT2D eigenvalue weighted by molar-refractivity contribution is 6.04. The number of rotatable bonds is 5. The van der Waals surface area contributed by atoms with E-state index in [0.29, 0.717) is 29.6 Å². The Balaban J connectivity index is 0.00000107. The standard InChI is InChI=1S/C22H28N4O2.C3H6/c1-14-18(21(24)26-9-5-6-15(12-23)13-26)10-16(11-19(14)22(25)27)17-7-3-4-8-20(17)28-2;1-3-2/h3-4,7-8,10-11,15,24H,5-6,9,12-13,23H2,1-2H3,(H2,25,27);3H,1H2,2H3. The number of likely N-dealkylation sites (tertiary alicyclic amines) is 1. The fourth-order valence-electron chi connectivity index (χ4n) is 3.89. The lowest BCUT2D eigenvalue weighted by molar-refractivity contribution is 0.0999. The number of methoxy groups -OCH3 is 1. The van der Waals surface area contributed by atoms with Crippen LogP contribution in [-0.2, 0) is 0 Å². The van der Waals surface area contributed by atoms with Gasteiger partial charge in [0.15, 0.2) is 0 Å². The number of amides is 1. The van der Waals surface area contributed by atoms with Crippen molar-refractivity contribution in [3.05, 3.63) is 65.7 Å². The number of nitrogens with two attached hydrogens (primary N) is 2. The number of carbonyl (C=O) groups is 1. The van der Waals surface area contributed by atoms with Crippen LogP contribution in [0.2, 0.25) is 0 Å². The summed E-state index contributed by atoms with van der Waals surface area (Å²) >= 11 is 0. The Hall–Kier alpha value is -3.12. The van der Waals surface area contributed by atoms with E-state index in [0.717, 1.165) is 48.2 Å². The van der Waals surface area contributed by atoms with Crippen molar-refractivity contribution in [2.45, 2.75) is 26.7 Å². The van der Waals surface area contributed by atoms with Gasteiger partial charge in [-0.2, -0.15) is 0 Å². The SMILES string of the molecule is C=CC.COc1ccccc1-c1cc(C(=N)N2CCCC(CN)C2)c(C)c(C(N)=O)c1. The van der Waals surface area contributed by atoms with Crippen LogP contribution in [0.4, 0.5) is 0 Å². The van der Waals surface area contributed by atoms with Gasteiger partial charge in [-0.25, -0.2) is 0 Å². The van der Waals surface area contributed by atoms with Gasteiger partial charge in [-0.05, 0) is 68.5 Å². The Kier molecular flexibility index (Phi) is 8.82. The normalized spacial score (nSPS) is 15.5. The van der Waals surface area contributed by atoms with Crippen LogP contribution in [0.3, 0.4) is 0 Å². The first-order chi connectivity index (χ1) is 14.9. The molecule has 0 bridgehead atoms. The van der Waals surface area contributed by atoms with Gasteiger partial charge in [0, 0.05) is 29.8 Å². The van der Waals surface area contributed by atoms with Crippen molar-refractivity contribution in [3.63, 3.8) is 0 Å². The Labute approximate surface area is 185 Å². The molecular formula is C25H34N4O2. The average Bonchev–Trinajstić information content (AvgIpc) is 2.79. The third kappa shape index (κ3) is 5.73. The first-order valence-electron chi connectivity index (χ1n) is 10.6. The third-order valence-electron chi connectivity index (χ3n) is 5.51. The summed E-state index contributed by atoms with van der Waals surface area (Å²) in [5, 5.41) is 8.83. The number of primary amides is 1. The molecule has 1 atom stereocenters. The van der Waals surface area contributed by atoms with Gasteiger partial charge in [0.25, 0.3) is 0 Å². The van der Waals surface area contributed by atoms with E-state index in [1.54, 1.807) is 19.3 Å². The minimum atomic E-state index is -0.498. The molecule has 6 nitrogen and oxygen atoms in total. The molecule has 1 unspecified atom stereocenters. The highest BCUT2D eigenvalue weighted by atomic mass is 16.5. The monoisotopic (exact) mass is 422 g/mol. The summed E-state index contributed by atoms with van der Waals surface area (Å²) in [6.45, 7) is 9.30. The van der Waals surface area contributed by atoms with Crippen molar-refractivity contribution in [2.75, 3.05) is 26.7 Å². The second kappa shape index (κ2) is 11.3. The molecule has 0 aromatic heterocycles. The van der Waals surface area contributed by atoms with Gasteiger partial charge < -0.3 is 21.1 Å². The van der Waals surface area contributed by atoms with E-state index in [9.17, 15) is 4.79 Å². The lowest BCUT2D eigenvalue weighted by Crippen LogP contribution is -2.42. The van der Waals surface area contributed by atoms with Gasteiger partial charge in [0.2, 0.25) is 5.91 Å². The molecule has 3 rings (SSSR count). The predicted molar refractivity (Wildman–Crippen MR) is 128 cm³/mol. The van der Waals surface area contributed by atoms with E-state index in [1.807, 2.05) is 44.2 Å². The molecule has 31 heavy (non-hydrogen) atoms. The summed E-state index contributed by atoms with van der Waals surface area (Å²) in [5.74, 6) is 1.01. The zero-order valence-corrected chi connectivity index (χ0v) is 18.8. The lowest BCUT2D eigenvalue weighted by Gasteiger charge is -2.34. The molecule has 1 fully saturated rings. The van der Waals surface area contributed by atoms with Gasteiger partial charge in [-0.1, -0.05) is 24.3 Å². The van der Waals surface area contributed by atoms with E-state index in [4.69, 9.17) is 21.6 Å². The maximum Gasteiger partial charge on any atom is 0.249 e. The fourth-order valence-corrected chi connectivity index (χ4v) is 3.89. The largest absolute Gasteiger partial charge is 0.496 e. The van der Waals surface area contributed by atoms with Crippen LogP contribution >= 0.6 is 0 Å². The Morgan fingerprint density at radius 3 is 2.58 bits per heavy atom. The third-order valence-corrected chi connectivity index (χ3v) is 5.51. The summed E-state index contributed by atoms with van der Waals surface area (Å²) in [6, 6.07) is 11.4. The van der Waals surface area contributed by atoms with E-state index < -0.39 is 5.91 Å². The number of amidine groups is 1. The zero-order chi connectivity index (χ0) is 23.0. The average molecular weight is 423 g/mol. The lowest BCUT2D eigenvalue weighted by atomic mass is 9.92. The molecule has 5 N–H and O–H groups in total. The Morgan fingerprint density at radius 2 is 1.97 bits per heavy atom. The van der Waals surface area contributed by atoms with Crippen LogP contribution in [0.25, 0.3) is 11.1 Å². The molecule has 6 heteroatoms. The van der Waals surface area contributed by atoms with Gasteiger partial charge in [-0.15, -0.1) is 6.58 Å². The van der Waals surface area contributed by atoms with Crippen LogP contribution in [0.15, 0.2) is 49.1 Å². The second-order valence-corrected chi connectivity index (χ2v) is 7.71. The number of hydrogen-bond donors (Lipinski definition) is 3. The first-order valence-corrected chi connectivity index (χ1v) is 10.6.